The van der Waals surface area contributed by atoms with Gasteiger partial charge in [0.15, 0.2) is 0 Å². The molecule has 1 atom stereocenters. The number of hydrogen-bond acceptors (Lipinski definition) is 2. The van der Waals surface area contributed by atoms with Crippen molar-refractivity contribution in [3.63, 3.8) is 0 Å². The zero-order valence-corrected chi connectivity index (χ0v) is 11.6. The van der Waals surface area contributed by atoms with Gasteiger partial charge < -0.3 is 10.4 Å². The molecule has 4 nitrogen and oxygen atoms in total. The van der Waals surface area contributed by atoms with Gasteiger partial charge in [0.25, 0.3) is 0 Å². The van der Waals surface area contributed by atoms with Crippen molar-refractivity contribution in [1.82, 2.24) is 5.32 Å². The van der Waals surface area contributed by atoms with E-state index in [-0.39, 0.29) is 30.2 Å². The number of carboxylic acid groups (broad SMARTS) is 1. The van der Waals surface area contributed by atoms with Gasteiger partial charge in [-0.05, 0) is 24.7 Å². The minimum Gasteiger partial charge on any atom is -0.481 e. The molecule has 2 N–H and O–H groups in total. The Balaban J connectivity index is 2.64. The van der Waals surface area contributed by atoms with Crippen molar-refractivity contribution in [2.24, 2.45) is 5.41 Å². The Hall–Kier alpha value is -1.50. The van der Waals surface area contributed by atoms with Crippen molar-refractivity contribution < 1.29 is 14.7 Å². The van der Waals surface area contributed by atoms with E-state index in [1.165, 1.54) is 0 Å². The number of nitrogens with one attached hydrogen (secondary N) is 1. The molecule has 19 heavy (non-hydrogen) atoms. The lowest BCUT2D eigenvalue weighted by molar-refractivity contribution is -0.141. The molecular formula is C15H23NO3. The van der Waals surface area contributed by atoms with Crippen LogP contribution in [-0.2, 0) is 9.59 Å². The highest BCUT2D eigenvalue weighted by Gasteiger charge is 2.36. The normalized spacial score (nSPS) is 19.2. The quantitative estimate of drug-likeness (QED) is 0.724. The molecular weight excluding hydrogens is 242 g/mol. The summed E-state index contributed by atoms with van der Waals surface area (Å²) in [7, 11) is 0. The lowest BCUT2D eigenvalue weighted by Gasteiger charge is -2.35. The predicted molar refractivity (Wildman–Crippen MR) is 73.4 cm³/mol. The number of carboxylic acids is 1. The first-order valence-electron chi connectivity index (χ1n) is 6.98. The van der Waals surface area contributed by atoms with Crippen LogP contribution in [0.3, 0.4) is 0 Å². The molecule has 4 heteroatoms. The molecule has 0 aliphatic heterocycles. The summed E-state index contributed by atoms with van der Waals surface area (Å²) in [6.45, 7) is 1.92. The van der Waals surface area contributed by atoms with Crippen LogP contribution in [0.4, 0.5) is 0 Å². The minimum absolute atomic E-state index is 0.0767. The molecule has 1 aliphatic rings. The first-order valence-corrected chi connectivity index (χ1v) is 6.98. The monoisotopic (exact) mass is 265 g/mol. The molecule has 1 amide bonds. The Kier molecular flexibility index (Phi) is 5.88. The van der Waals surface area contributed by atoms with Crippen molar-refractivity contribution in [3.05, 3.63) is 0 Å². The Morgan fingerprint density at radius 1 is 1.32 bits per heavy atom. The Morgan fingerprint density at radius 2 is 1.95 bits per heavy atom. The van der Waals surface area contributed by atoms with Gasteiger partial charge in [-0.1, -0.05) is 32.1 Å². The molecule has 0 aromatic rings. The van der Waals surface area contributed by atoms with Gasteiger partial charge in [0.05, 0.1) is 12.5 Å². The summed E-state index contributed by atoms with van der Waals surface area (Å²) < 4.78 is 0. The highest BCUT2D eigenvalue weighted by atomic mass is 16.4. The van der Waals surface area contributed by atoms with Crippen LogP contribution in [0.25, 0.3) is 0 Å². The number of amides is 1. The largest absolute Gasteiger partial charge is 0.481 e. The van der Waals surface area contributed by atoms with E-state index in [0.29, 0.717) is 6.42 Å². The van der Waals surface area contributed by atoms with Crippen LogP contribution < -0.4 is 5.32 Å². The molecule has 0 heterocycles. The molecule has 1 fully saturated rings. The first kappa shape index (κ1) is 15.6. The number of carbonyl (C=O) groups excluding carboxylic acids is 1. The number of carbonyl (C=O) groups is 2. The second-order valence-corrected chi connectivity index (χ2v) is 5.50. The van der Waals surface area contributed by atoms with Gasteiger partial charge >= 0.3 is 5.97 Å². The average molecular weight is 265 g/mol. The smallest absolute Gasteiger partial charge is 0.303 e. The molecule has 0 saturated heterocycles. The topological polar surface area (TPSA) is 66.4 Å². The van der Waals surface area contributed by atoms with Crippen molar-refractivity contribution >= 4 is 11.9 Å². The highest BCUT2D eigenvalue weighted by Crippen LogP contribution is 2.42. The van der Waals surface area contributed by atoms with Crippen molar-refractivity contribution in [1.29, 1.82) is 0 Å². The molecule has 1 unspecified atom stereocenters. The standard InChI is InChI=1S/C15H23NO3/c1-3-12(4-2)16-13(17)10-15(11-14(18)19)8-6-5-7-9-15/h1,12H,4-11H2,2H3,(H,16,17)(H,18,19). The maximum atomic E-state index is 12.0. The summed E-state index contributed by atoms with van der Waals surface area (Å²) in [5.74, 6) is 1.59. The van der Waals surface area contributed by atoms with Crippen LogP contribution in [-0.4, -0.2) is 23.0 Å². The van der Waals surface area contributed by atoms with E-state index >= 15 is 0 Å². The molecule has 0 spiro atoms. The summed E-state index contributed by atoms with van der Waals surface area (Å²) in [6.07, 6.45) is 11.1. The number of hydrogen-bond donors (Lipinski definition) is 2. The fraction of sp³-hybridized carbons (Fsp3) is 0.733. The Bertz CT molecular complexity index is 364. The Morgan fingerprint density at radius 3 is 2.42 bits per heavy atom. The first-order chi connectivity index (χ1) is 9.01. The van der Waals surface area contributed by atoms with Gasteiger partial charge in [0, 0.05) is 6.42 Å². The Labute approximate surface area is 115 Å². The van der Waals surface area contributed by atoms with E-state index in [0.717, 1.165) is 32.1 Å². The third-order valence-electron chi connectivity index (χ3n) is 3.92. The zero-order valence-electron chi connectivity index (χ0n) is 11.6. The SMILES string of the molecule is C#CC(CC)NC(=O)CC1(CC(=O)O)CCCCC1. The molecule has 0 aromatic carbocycles. The van der Waals surface area contributed by atoms with E-state index < -0.39 is 5.97 Å². The van der Waals surface area contributed by atoms with Gasteiger partial charge in [-0.2, -0.15) is 0 Å². The summed E-state index contributed by atoms with van der Waals surface area (Å²) in [4.78, 5) is 23.1. The summed E-state index contributed by atoms with van der Waals surface area (Å²) in [5, 5.41) is 11.8. The lowest BCUT2D eigenvalue weighted by atomic mass is 9.69. The van der Waals surface area contributed by atoms with Crippen LogP contribution >= 0.6 is 0 Å². The van der Waals surface area contributed by atoms with Crippen molar-refractivity contribution in [2.75, 3.05) is 0 Å². The average Bonchev–Trinajstić information content (AvgIpc) is 2.35. The second kappa shape index (κ2) is 7.18. The molecule has 0 bridgehead atoms. The molecule has 1 saturated carbocycles. The van der Waals surface area contributed by atoms with E-state index in [1.54, 1.807) is 0 Å². The van der Waals surface area contributed by atoms with Crippen molar-refractivity contribution in [3.8, 4) is 12.3 Å². The van der Waals surface area contributed by atoms with Gasteiger partial charge in [-0.3, -0.25) is 9.59 Å². The van der Waals surface area contributed by atoms with Gasteiger partial charge in [-0.25, -0.2) is 0 Å². The van der Waals surface area contributed by atoms with Gasteiger partial charge in [0.2, 0.25) is 5.91 Å². The van der Waals surface area contributed by atoms with Crippen molar-refractivity contribution in [2.45, 2.75) is 64.3 Å². The summed E-state index contributed by atoms with van der Waals surface area (Å²) in [6, 6.07) is -0.252. The number of terminal acetylenes is 1. The molecule has 1 rings (SSSR count). The lowest BCUT2D eigenvalue weighted by Crippen LogP contribution is -2.39. The van der Waals surface area contributed by atoms with Crippen LogP contribution in [0.15, 0.2) is 0 Å². The fourth-order valence-electron chi connectivity index (χ4n) is 2.89. The third-order valence-corrected chi connectivity index (χ3v) is 3.92. The summed E-state index contributed by atoms with van der Waals surface area (Å²) in [5.41, 5.74) is -0.374. The maximum absolute atomic E-state index is 12.0. The van der Waals surface area contributed by atoms with Crippen LogP contribution in [0, 0.1) is 17.8 Å². The van der Waals surface area contributed by atoms with Gasteiger partial charge in [-0.15, -0.1) is 6.42 Å². The molecule has 0 radical (unpaired) electrons. The maximum Gasteiger partial charge on any atom is 0.303 e. The molecule has 106 valence electrons. The number of aliphatic carboxylic acids is 1. The van der Waals surface area contributed by atoms with E-state index in [4.69, 9.17) is 11.5 Å². The van der Waals surface area contributed by atoms with Crippen LogP contribution in [0.2, 0.25) is 0 Å². The zero-order chi connectivity index (χ0) is 14.3. The molecule has 0 aromatic heterocycles. The van der Waals surface area contributed by atoms with E-state index in [1.807, 2.05) is 6.92 Å². The van der Waals surface area contributed by atoms with E-state index in [2.05, 4.69) is 11.2 Å². The van der Waals surface area contributed by atoms with E-state index in [9.17, 15) is 9.59 Å². The van der Waals surface area contributed by atoms with Crippen LogP contribution in [0.1, 0.15) is 58.3 Å². The third kappa shape index (κ3) is 4.94. The number of rotatable bonds is 6. The summed E-state index contributed by atoms with van der Waals surface area (Å²) >= 11 is 0. The van der Waals surface area contributed by atoms with Gasteiger partial charge in [0.1, 0.15) is 0 Å². The minimum atomic E-state index is -0.821. The fourth-order valence-corrected chi connectivity index (χ4v) is 2.89. The predicted octanol–water partition coefficient (Wildman–Crippen LogP) is 2.33. The highest BCUT2D eigenvalue weighted by molar-refractivity contribution is 5.78. The second-order valence-electron chi connectivity index (χ2n) is 5.50. The van der Waals surface area contributed by atoms with Crippen LogP contribution in [0.5, 0.6) is 0 Å². The molecule has 1 aliphatic carbocycles.